The van der Waals surface area contributed by atoms with Crippen LogP contribution < -0.4 is 3.58 Å². The van der Waals surface area contributed by atoms with Crippen LogP contribution in [-0.2, 0) is 0 Å². The number of para-hydroxylation sites is 1. The van der Waals surface area contributed by atoms with Gasteiger partial charge in [0.15, 0.2) is 0 Å². The van der Waals surface area contributed by atoms with Crippen molar-refractivity contribution in [2.45, 2.75) is 14.8 Å². The van der Waals surface area contributed by atoms with Crippen LogP contribution in [0.1, 0.15) is 0 Å². The zero-order chi connectivity index (χ0) is 14.2. The number of benzene rings is 2. The zero-order valence-corrected chi connectivity index (χ0v) is 15.1. The van der Waals surface area contributed by atoms with E-state index in [0.717, 1.165) is 11.2 Å². The van der Waals surface area contributed by atoms with E-state index in [2.05, 4.69) is 75.5 Å². The summed E-state index contributed by atoms with van der Waals surface area (Å²) in [5, 5.41) is 1.34. The Kier molecular flexibility index (Phi) is 3.55. The average Bonchev–Trinajstić information content (AvgIpc) is 2.46. The van der Waals surface area contributed by atoms with Crippen molar-refractivity contribution in [1.82, 2.24) is 4.98 Å². The third-order valence-electron chi connectivity index (χ3n) is 3.59. The van der Waals surface area contributed by atoms with Crippen LogP contribution in [0.5, 0.6) is 0 Å². The molecule has 3 rings (SSSR count). The van der Waals surface area contributed by atoms with Gasteiger partial charge in [-0.25, -0.2) is 0 Å². The maximum atomic E-state index is 4.85. The van der Waals surface area contributed by atoms with Crippen molar-refractivity contribution in [2.75, 3.05) is 0 Å². The van der Waals surface area contributed by atoms with E-state index in [-0.39, 0.29) is 0 Å². The molecule has 0 unspecified atom stereocenters. The Morgan fingerprint density at radius 1 is 0.800 bits per heavy atom. The molecule has 0 bridgehead atoms. The van der Waals surface area contributed by atoms with E-state index < -0.39 is 18.4 Å². The molecule has 0 aliphatic carbocycles. The van der Waals surface area contributed by atoms with E-state index in [1.807, 2.05) is 0 Å². The number of pyridine rings is 1. The Hall–Kier alpha value is -1.35. The first kappa shape index (κ1) is 13.6. The van der Waals surface area contributed by atoms with Crippen molar-refractivity contribution in [3.05, 3.63) is 60.7 Å². The molecule has 0 saturated carbocycles. The van der Waals surface area contributed by atoms with Crippen molar-refractivity contribution in [3.63, 3.8) is 0 Å². The van der Waals surface area contributed by atoms with Crippen LogP contribution in [0.3, 0.4) is 0 Å². The fraction of sp³-hybridized carbons (Fsp3) is 0.167. The Morgan fingerprint density at radius 2 is 1.45 bits per heavy atom. The maximum absolute atomic E-state index is 4.85. The van der Waals surface area contributed by atoms with Crippen LogP contribution in [0.2, 0.25) is 14.8 Å². The molecule has 0 radical (unpaired) electrons. The van der Waals surface area contributed by atoms with Gasteiger partial charge in [0.05, 0.1) is 0 Å². The number of hydrogen-bond donors (Lipinski definition) is 0. The summed E-state index contributed by atoms with van der Waals surface area (Å²) in [6.45, 7) is 0. The fourth-order valence-electron chi connectivity index (χ4n) is 2.55. The van der Waals surface area contributed by atoms with Crippen molar-refractivity contribution >= 4 is 32.9 Å². The van der Waals surface area contributed by atoms with Crippen LogP contribution in [0, 0.1) is 0 Å². The number of hydrogen-bond acceptors (Lipinski definition) is 1. The SMILES string of the molecule is [CH3][Sn]([CH3])([CH3])[c]1cc(-c2ccccc2)nc2ccccc12. The molecule has 20 heavy (non-hydrogen) atoms. The van der Waals surface area contributed by atoms with Crippen molar-refractivity contribution in [3.8, 4) is 11.3 Å². The Labute approximate surface area is 124 Å². The van der Waals surface area contributed by atoms with Gasteiger partial charge in [-0.05, 0) is 0 Å². The normalized spacial score (nSPS) is 11.8. The summed E-state index contributed by atoms with van der Waals surface area (Å²) < 4.78 is 1.56. The first-order valence-electron chi connectivity index (χ1n) is 7.01. The monoisotopic (exact) mass is 369 g/mol. The van der Waals surface area contributed by atoms with Gasteiger partial charge in [0, 0.05) is 0 Å². The van der Waals surface area contributed by atoms with Crippen molar-refractivity contribution in [1.29, 1.82) is 0 Å². The molecule has 1 aromatic heterocycles. The second-order valence-electron chi connectivity index (χ2n) is 6.19. The van der Waals surface area contributed by atoms with Gasteiger partial charge in [-0.15, -0.1) is 0 Å². The summed E-state index contributed by atoms with van der Waals surface area (Å²) in [6, 6.07) is 21.3. The molecule has 0 saturated heterocycles. The third-order valence-corrected chi connectivity index (χ3v) is 9.39. The van der Waals surface area contributed by atoms with Gasteiger partial charge in [-0.1, -0.05) is 0 Å². The fourth-order valence-corrected chi connectivity index (χ4v) is 7.09. The average molecular weight is 368 g/mol. The van der Waals surface area contributed by atoms with Crippen LogP contribution >= 0.6 is 0 Å². The summed E-state index contributed by atoms with van der Waals surface area (Å²) in [5.41, 5.74) is 3.43. The van der Waals surface area contributed by atoms with Crippen LogP contribution in [0.4, 0.5) is 0 Å². The van der Waals surface area contributed by atoms with E-state index in [0.29, 0.717) is 0 Å². The second-order valence-corrected chi connectivity index (χ2v) is 20.6. The predicted octanol–water partition coefficient (Wildman–Crippen LogP) is 4.45. The van der Waals surface area contributed by atoms with E-state index in [1.54, 1.807) is 3.58 Å². The van der Waals surface area contributed by atoms with Gasteiger partial charge in [0.25, 0.3) is 0 Å². The molecular weight excluding hydrogens is 349 g/mol. The standard InChI is InChI=1S/C15H10N.3CH3.Sn/c1-2-6-12(7-3-1)15-11-10-13-8-4-5-9-14(13)16-15;;;;/h1-9,11H;3*1H3;. The number of nitrogens with zero attached hydrogens (tertiary/aromatic N) is 1. The molecule has 3 aromatic rings. The molecule has 0 N–H and O–H groups in total. The predicted molar refractivity (Wildman–Crippen MR) is 90.2 cm³/mol. The second kappa shape index (κ2) is 5.21. The molecule has 2 aromatic carbocycles. The van der Waals surface area contributed by atoms with E-state index in [4.69, 9.17) is 4.98 Å². The molecular formula is C18H19NSn. The summed E-state index contributed by atoms with van der Waals surface area (Å²) in [7, 11) is 0. The van der Waals surface area contributed by atoms with Gasteiger partial charge >= 0.3 is 125 Å². The minimum atomic E-state index is -2.17. The van der Waals surface area contributed by atoms with Crippen LogP contribution in [-0.4, -0.2) is 23.4 Å². The Balaban J connectivity index is 2.31. The third kappa shape index (κ3) is 2.59. The first-order chi connectivity index (χ1) is 9.55. The van der Waals surface area contributed by atoms with E-state index in [1.165, 1.54) is 10.9 Å². The quantitative estimate of drug-likeness (QED) is 0.610. The summed E-state index contributed by atoms with van der Waals surface area (Å²) in [4.78, 5) is 12.2. The molecule has 0 spiro atoms. The molecule has 1 nitrogen and oxygen atoms in total. The zero-order valence-electron chi connectivity index (χ0n) is 12.2. The molecule has 100 valence electrons. The Morgan fingerprint density at radius 3 is 2.15 bits per heavy atom. The Bertz CT molecular complexity index is 742. The molecule has 0 aliphatic heterocycles. The van der Waals surface area contributed by atoms with E-state index in [9.17, 15) is 0 Å². The van der Waals surface area contributed by atoms with E-state index >= 15 is 0 Å². The van der Waals surface area contributed by atoms with Gasteiger partial charge in [0.2, 0.25) is 0 Å². The van der Waals surface area contributed by atoms with Gasteiger partial charge < -0.3 is 0 Å². The van der Waals surface area contributed by atoms with Crippen molar-refractivity contribution < 1.29 is 0 Å². The number of rotatable bonds is 2. The minimum absolute atomic E-state index is 1.10. The molecule has 0 fully saturated rings. The number of fused-ring (bicyclic) bond motifs is 1. The van der Waals surface area contributed by atoms with Crippen LogP contribution in [0.25, 0.3) is 22.2 Å². The summed E-state index contributed by atoms with van der Waals surface area (Å²) >= 11 is -2.17. The van der Waals surface area contributed by atoms with Crippen LogP contribution in [0.15, 0.2) is 60.7 Å². The summed E-state index contributed by atoms with van der Waals surface area (Å²) in [6.07, 6.45) is 0. The first-order valence-corrected chi connectivity index (χ1v) is 17.0. The van der Waals surface area contributed by atoms with Gasteiger partial charge in [-0.3, -0.25) is 0 Å². The molecule has 0 amide bonds. The summed E-state index contributed by atoms with van der Waals surface area (Å²) in [5.74, 6) is 0. The van der Waals surface area contributed by atoms with Crippen molar-refractivity contribution in [2.24, 2.45) is 0 Å². The molecule has 0 aliphatic rings. The van der Waals surface area contributed by atoms with Gasteiger partial charge in [-0.2, -0.15) is 0 Å². The molecule has 0 atom stereocenters. The number of aromatic nitrogens is 1. The molecule has 2 heteroatoms. The van der Waals surface area contributed by atoms with Gasteiger partial charge in [0.1, 0.15) is 0 Å². The topological polar surface area (TPSA) is 12.9 Å². The molecule has 1 heterocycles.